The van der Waals surface area contributed by atoms with Gasteiger partial charge in [0.1, 0.15) is 16.0 Å². The number of benzene rings is 2. The van der Waals surface area contributed by atoms with Crippen LogP contribution in [0.2, 0.25) is 25.7 Å². The molecule has 0 saturated heterocycles. The molecule has 1 aromatic heterocycles. The first kappa shape index (κ1) is 24.3. The number of aromatic nitrogens is 2. The van der Waals surface area contributed by atoms with Gasteiger partial charge in [-0.2, -0.15) is 15.6 Å². The van der Waals surface area contributed by atoms with E-state index in [4.69, 9.17) is 15.3 Å². The SMILES string of the molecule is C[Si](C)(C)CCOCn1nc(Br)c2cc(C#N)ccc21.N#Cc1ccc2c(c1)C(Br)=NC2. The van der Waals surface area contributed by atoms with Crippen LogP contribution < -0.4 is 0 Å². The van der Waals surface area contributed by atoms with E-state index in [1.54, 1.807) is 6.07 Å². The van der Waals surface area contributed by atoms with Crippen LogP contribution in [-0.4, -0.2) is 29.1 Å². The lowest BCUT2D eigenvalue weighted by Crippen LogP contribution is -2.22. The van der Waals surface area contributed by atoms with Crippen molar-refractivity contribution < 1.29 is 4.74 Å². The fraction of sp³-hybridized carbons (Fsp3) is 0.304. The Morgan fingerprint density at radius 1 is 1.06 bits per heavy atom. The number of rotatable bonds is 5. The molecule has 0 fully saturated rings. The normalized spacial score (nSPS) is 12.4. The third-order valence-corrected chi connectivity index (χ3v) is 7.86. The molecule has 164 valence electrons. The summed E-state index contributed by atoms with van der Waals surface area (Å²) in [6, 6.07) is 16.6. The van der Waals surface area contributed by atoms with Crippen LogP contribution in [-0.2, 0) is 18.0 Å². The highest BCUT2D eigenvalue weighted by Crippen LogP contribution is 2.25. The van der Waals surface area contributed by atoms with Crippen LogP contribution in [0.1, 0.15) is 22.3 Å². The molecule has 2 heterocycles. The Morgan fingerprint density at radius 3 is 2.44 bits per heavy atom. The van der Waals surface area contributed by atoms with Crippen molar-refractivity contribution in [2.24, 2.45) is 4.99 Å². The number of aliphatic imine (C=N–C) groups is 1. The van der Waals surface area contributed by atoms with Crippen molar-refractivity contribution in [1.29, 1.82) is 10.5 Å². The Hall–Kier alpha value is -2.30. The molecule has 32 heavy (non-hydrogen) atoms. The monoisotopic (exact) mass is 571 g/mol. The average Bonchev–Trinajstić information content (AvgIpc) is 3.30. The zero-order chi connectivity index (χ0) is 23.3. The Balaban J connectivity index is 0.000000204. The zero-order valence-electron chi connectivity index (χ0n) is 18.2. The molecule has 1 aliphatic heterocycles. The maximum atomic E-state index is 8.93. The maximum Gasteiger partial charge on any atom is 0.140 e. The predicted octanol–water partition coefficient (Wildman–Crippen LogP) is 6.20. The van der Waals surface area contributed by atoms with Crippen molar-refractivity contribution >= 4 is 55.5 Å². The zero-order valence-corrected chi connectivity index (χ0v) is 22.4. The summed E-state index contributed by atoms with van der Waals surface area (Å²) in [5, 5.41) is 22.9. The third kappa shape index (κ3) is 6.14. The topological polar surface area (TPSA) is 87.0 Å². The summed E-state index contributed by atoms with van der Waals surface area (Å²) in [4.78, 5) is 4.20. The summed E-state index contributed by atoms with van der Waals surface area (Å²) in [5.41, 5.74) is 4.53. The number of fused-ring (bicyclic) bond motifs is 2. The van der Waals surface area contributed by atoms with Gasteiger partial charge in [0.2, 0.25) is 0 Å². The summed E-state index contributed by atoms with van der Waals surface area (Å²) in [6.07, 6.45) is 0. The molecule has 1 aliphatic rings. The molecular formula is C23H23Br2N5OSi. The van der Waals surface area contributed by atoms with Gasteiger partial charge in [0.25, 0.3) is 0 Å². The van der Waals surface area contributed by atoms with Gasteiger partial charge >= 0.3 is 0 Å². The Morgan fingerprint density at radius 2 is 1.75 bits per heavy atom. The summed E-state index contributed by atoms with van der Waals surface area (Å²) < 4.78 is 9.15. The van der Waals surface area contributed by atoms with E-state index in [-0.39, 0.29) is 0 Å². The summed E-state index contributed by atoms with van der Waals surface area (Å²) in [5.74, 6) is 0. The van der Waals surface area contributed by atoms with Crippen LogP contribution >= 0.6 is 31.9 Å². The van der Waals surface area contributed by atoms with E-state index in [2.05, 4.69) is 73.7 Å². The fourth-order valence-corrected chi connectivity index (χ4v) is 4.81. The highest BCUT2D eigenvalue weighted by Gasteiger charge is 2.14. The largest absolute Gasteiger partial charge is 0.360 e. The molecule has 0 spiro atoms. The quantitative estimate of drug-likeness (QED) is 0.269. The van der Waals surface area contributed by atoms with E-state index in [9.17, 15) is 0 Å². The van der Waals surface area contributed by atoms with Gasteiger partial charge in [-0.15, -0.1) is 0 Å². The van der Waals surface area contributed by atoms with Gasteiger partial charge in [-0.1, -0.05) is 25.7 Å². The lowest BCUT2D eigenvalue weighted by Gasteiger charge is -2.15. The molecule has 0 atom stereocenters. The van der Waals surface area contributed by atoms with Gasteiger partial charge in [-0.3, -0.25) is 4.99 Å². The van der Waals surface area contributed by atoms with Crippen molar-refractivity contribution in [3.8, 4) is 12.1 Å². The van der Waals surface area contributed by atoms with E-state index >= 15 is 0 Å². The standard InChI is InChI=1S/C14H18BrN3OSi.C9H5BrN2/c1-20(2,3)7-6-19-10-18-13-5-4-11(9-16)8-12(13)14(15)17-18;10-9-8-3-6(4-11)1-2-7(8)5-12-9/h4-5,8H,6-7,10H2,1-3H3;1-3H,5H2. The Kier molecular flexibility index (Phi) is 8.02. The second kappa shape index (κ2) is 10.5. The second-order valence-corrected chi connectivity index (χ2v) is 15.7. The van der Waals surface area contributed by atoms with Crippen LogP contribution in [0.4, 0.5) is 0 Å². The number of nitrogens with zero attached hydrogens (tertiary/aromatic N) is 5. The lowest BCUT2D eigenvalue weighted by molar-refractivity contribution is 0.0814. The molecule has 2 aromatic carbocycles. The molecule has 4 rings (SSSR count). The molecule has 3 aromatic rings. The first-order valence-corrected chi connectivity index (χ1v) is 15.4. The molecular weight excluding hydrogens is 550 g/mol. The Bertz CT molecular complexity index is 1250. The highest BCUT2D eigenvalue weighted by molar-refractivity contribution is 9.18. The number of nitriles is 2. The molecule has 6 nitrogen and oxygen atoms in total. The first-order valence-electron chi connectivity index (χ1n) is 10.1. The predicted molar refractivity (Wildman–Crippen MR) is 137 cm³/mol. The van der Waals surface area contributed by atoms with Crippen molar-refractivity contribution in [2.45, 2.75) is 39.0 Å². The van der Waals surface area contributed by atoms with Gasteiger partial charge in [-0.05, 0) is 73.8 Å². The lowest BCUT2D eigenvalue weighted by atomic mass is 10.1. The molecule has 0 bridgehead atoms. The van der Waals surface area contributed by atoms with Crippen molar-refractivity contribution in [3.05, 3.63) is 63.3 Å². The fourth-order valence-electron chi connectivity index (χ4n) is 3.05. The molecule has 0 amide bonds. The van der Waals surface area contributed by atoms with Gasteiger partial charge < -0.3 is 4.74 Å². The maximum absolute atomic E-state index is 8.93. The van der Waals surface area contributed by atoms with Gasteiger partial charge in [0.05, 0.1) is 35.3 Å². The van der Waals surface area contributed by atoms with Gasteiger partial charge in [0.15, 0.2) is 0 Å². The summed E-state index contributed by atoms with van der Waals surface area (Å²) in [6.45, 7) is 8.93. The van der Waals surface area contributed by atoms with E-state index in [1.165, 1.54) is 5.56 Å². The number of hydrogen-bond donors (Lipinski definition) is 0. The summed E-state index contributed by atoms with van der Waals surface area (Å²) >= 11 is 6.77. The van der Waals surface area contributed by atoms with E-state index in [1.807, 2.05) is 35.0 Å². The average molecular weight is 573 g/mol. The highest BCUT2D eigenvalue weighted by atomic mass is 79.9. The minimum Gasteiger partial charge on any atom is -0.360 e. The minimum absolute atomic E-state index is 0.443. The van der Waals surface area contributed by atoms with Crippen LogP contribution in [0, 0.1) is 22.7 Å². The van der Waals surface area contributed by atoms with Crippen molar-refractivity contribution in [3.63, 3.8) is 0 Å². The molecule has 0 N–H and O–H groups in total. The van der Waals surface area contributed by atoms with Crippen LogP contribution in [0.3, 0.4) is 0 Å². The molecule has 0 radical (unpaired) electrons. The smallest absolute Gasteiger partial charge is 0.140 e. The van der Waals surface area contributed by atoms with E-state index < -0.39 is 8.07 Å². The van der Waals surface area contributed by atoms with Gasteiger partial charge in [0, 0.05) is 25.6 Å². The molecule has 0 aliphatic carbocycles. The molecule has 9 heteroatoms. The van der Waals surface area contributed by atoms with Crippen LogP contribution in [0.25, 0.3) is 10.9 Å². The molecule has 0 unspecified atom stereocenters. The first-order chi connectivity index (χ1) is 15.2. The second-order valence-electron chi connectivity index (χ2n) is 8.57. The Labute approximate surface area is 205 Å². The van der Waals surface area contributed by atoms with Gasteiger partial charge in [-0.25, -0.2) is 4.68 Å². The van der Waals surface area contributed by atoms with Crippen molar-refractivity contribution in [2.75, 3.05) is 6.61 Å². The number of halogens is 2. The minimum atomic E-state index is -1.06. The van der Waals surface area contributed by atoms with E-state index in [0.29, 0.717) is 17.9 Å². The molecule has 0 saturated carbocycles. The summed E-state index contributed by atoms with van der Waals surface area (Å²) in [7, 11) is -1.06. The van der Waals surface area contributed by atoms with Crippen LogP contribution in [0.15, 0.2) is 46.0 Å². The van der Waals surface area contributed by atoms with Crippen LogP contribution in [0.5, 0.6) is 0 Å². The number of ether oxygens (including phenoxy) is 1. The number of hydrogen-bond acceptors (Lipinski definition) is 5. The third-order valence-electron chi connectivity index (χ3n) is 4.89. The van der Waals surface area contributed by atoms with Crippen molar-refractivity contribution in [1.82, 2.24) is 9.78 Å². The van der Waals surface area contributed by atoms with E-state index in [0.717, 1.165) is 44.9 Å².